The van der Waals surface area contributed by atoms with Gasteiger partial charge < -0.3 is 21.1 Å². The van der Waals surface area contributed by atoms with E-state index < -0.39 is 6.23 Å². The lowest BCUT2D eigenvalue weighted by molar-refractivity contribution is 0.000970. The molecule has 0 saturated carbocycles. The third kappa shape index (κ3) is 4.42. The molecule has 0 spiro atoms. The standard InChI is InChI=1S/C26H32N8O2/c27-24-10-7-19-20(28-24)8-9-21(19)29-25(35)22-16-33(31-30-22)15-17-4-3-5-18(14-17)34-13-12-32-11-2-1-6-23(32)26(34)36/h3-5,7,10,14,16,21,23,26,36H,1-2,6,8-9,11-13,15H2,(H2,27,28)(H,29,35). The number of piperazine rings is 1. The Morgan fingerprint density at radius 1 is 1.14 bits per heavy atom. The number of aryl methyl sites for hydroxylation is 1. The number of benzene rings is 1. The highest BCUT2D eigenvalue weighted by atomic mass is 16.3. The molecular formula is C26H32N8O2. The lowest BCUT2D eigenvalue weighted by Gasteiger charge is -2.48. The number of aliphatic hydroxyl groups is 1. The van der Waals surface area contributed by atoms with E-state index in [1.807, 2.05) is 24.3 Å². The maximum Gasteiger partial charge on any atom is 0.273 e. The predicted molar refractivity (Wildman–Crippen MR) is 135 cm³/mol. The predicted octanol–water partition coefficient (Wildman–Crippen LogP) is 1.71. The summed E-state index contributed by atoms with van der Waals surface area (Å²) in [5, 5.41) is 22.4. The topological polar surface area (TPSA) is 125 Å². The number of aromatic nitrogens is 4. The number of hydrogen-bond acceptors (Lipinski definition) is 8. The molecule has 3 aliphatic rings. The number of nitrogen functional groups attached to an aromatic ring is 1. The van der Waals surface area contributed by atoms with Crippen LogP contribution in [0.3, 0.4) is 0 Å². The molecule has 10 heteroatoms. The summed E-state index contributed by atoms with van der Waals surface area (Å²) in [5.74, 6) is 0.247. The first-order chi connectivity index (χ1) is 17.5. The first-order valence-corrected chi connectivity index (χ1v) is 12.8. The smallest absolute Gasteiger partial charge is 0.273 e. The Hall–Kier alpha value is -3.50. The molecule has 1 amide bonds. The number of aliphatic hydroxyl groups excluding tert-OH is 1. The minimum Gasteiger partial charge on any atom is -0.384 e. The zero-order valence-corrected chi connectivity index (χ0v) is 20.3. The first-order valence-electron chi connectivity index (χ1n) is 12.8. The monoisotopic (exact) mass is 488 g/mol. The summed E-state index contributed by atoms with van der Waals surface area (Å²) in [6.45, 7) is 3.35. The van der Waals surface area contributed by atoms with Crippen molar-refractivity contribution in [2.24, 2.45) is 0 Å². The van der Waals surface area contributed by atoms with Crippen LogP contribution in [-0.2, 0) is 13.0 Å². The van der Waals surface area contributed by atoms with Crippen molar-refractivity contribution in [1.82, 2.24) is 30.2 Å². The van der Waals surface area contributed by atoms with Gasteiger partial charge in [0.1, 0.15) is 12.0 Å². The van der Waals surface area contributed by atoms with Crippen molar-refractivity contribution in [2.45, 2.75) is 57.0 Å². The zero-order chi connectivity index (χ0) is 24.6. The number of amides is 1. The molecule has 2 fully saturated rings. The highest BCUT2D eigenvalue weighted by Gasteiger charge is 2.36. The van der Waals surface area contributed by atoms with Gasteiger partial charge in [-0.25, -0.2) is 9.67 Å². The van der Waals surface area contributed by atoms with Gasteiger partial charge in [-0.05, 0) is 61.6 Å². The molecule has 0 radical (unpaired) electrons. The molecule has 4 heterocycles. The summed E-state index contributed by atoms with van der Waals surface area (Å²) in [5.41, 5.74) is 10.1. The van der Waals surface area contributed by atoms with E-state index in [2.05, 4.69) is 36.5 Å². The quantitative estimate of drug-likeness (QED) is 0.496. The first kappa shape index (κ1) is 22.9. The van der Waals surface area contributed by atoms with E-state index >= 15 is 0 Å². The molecule has 3 atom stereocenters. The fraction of sp³-hybridized carbons (Fsp3) is 0.462. The number of nitrogens with one attached hydrogen (secondary N) is 1. The molecule has 0 bridgehead atoms. The minimum atomic E-state index is -0.497. The van der Waals surface area contributed by atoms with E-state index in [4.69, 9.17) is 5.73 Å². The van der Waals surface area contributed by atoms with Crippen LogP contribution in [0.15, 0.2) is 42.6 Å². The third-order valence-corrected chi connectivity index (χ3v) is 7.70. The Balaban J connectivity index is 1.11. The summed E-state index contributed by atoms with van der Waals surface area (Å²) in [4.78, 5) is 21.8. The van der Waals surface area contributed by atoms with Crippen molar-refractivity contribution >= 4 is 17.4 Å². The Labute approximate surface area is 210 Å². The summed E-state index contributed by atoms with van der Waals surface area (Å²) in [6, 6.07) is 12.0. The van der Waals surface area contributed by atoms with Gasteiger partial charge in [0.05, 0.1) is 24.8 Å². The summed E-state index contributed by atoms with van der Waals surface area (Å²) >= 11 is 0. The van der Waals surface area contributed by atoms with E-state index in [1.54, 1.807) is 16.9 Å². The van der Waals surface area contributed by atoms with E-state index in [0.717, 1.165) is 61.4 Å². The van der Waals surface area contributed by atoms with Gasteiger partial charge >= 0.3 is 0 Å². The van der Waals surface area contributed by atoms with Crippen LogP contribution in [0.25, 0.3) is 0 Å². The number of hydrogen-bond donors (Lipinski definition) is 3. The van der Waals surface area contributed by atoms with Crippen LogP contribution < -0.4 is 16.0 Å². The maximum atomic E-state index is 12.8. The number of rotatable bonds is 5. The van der Waals surface area contributed by atoms with Crippen molar-refractivity contribution in [3.63, 3.8) is 0 Å². The number of anilines is 2. The molecule has 2 aliphatic heterocycles. The van der Waals surface area contributed by atoms with Gasteiger partial charge in [-0.1, -0.05) is 29.8 Å². The molecule has 4 N–H and O–H groups in total. The SMILES string of the molecule is Nc1ccc2c(n1)CCC2NC(=O)c1cn(Cc2cccc(N3CCN4CCCCC4C3O)c2)nn1. The molecule has 3 aromatic rings. The van der Waals surface area contributed by atoms with Crippen molar-refractivity contribution in [3.05, 3.63) is 65.1 Å². The van der Waals surface area contributed by atoms with Crippen LogP contribution in [0.4, 0.5) is 11.5 Å². The summed E-state index contributed by atoms with van der Waals surface area (Å²) in [7, 11) is 0. The number of carbonyl (C=O) groups excluding carboxylic acids is 1. The van der Waals surface area contributed by atoms with Gasteiger partial charge in [0.15, 0.2) is 5.69 Å². The molecular weight excluding hydrogens is 456 g/mol. The van der Waals surface area contributed by atoms with Gasteiger partial charge in [-0.15, -0.1) is 5.10 Å². The van der Waals surface area contributed by atoms with E-state index in [0.29, 0.717) is 12.4 Å². The second-order valence-electron chi connectivity index (χ2n) is 10.0. The molecule has 3 unspecified atom stereocenters. The Kier molecular flexibility index (Phi) is 6.06. The fourth-order valence-corrected chi connectivity index (χ4v) is 5.86. The van der Waals surface area contributed by atoms with Gasteiger partial charge in [0, 0.05) is 24.5 Å². The van der Waals surface area contributed by atoms with Crippen molar-refractivity contribution in [3.8, 4) is 0 Å². The Morgan fingerprint density at radius 3 is 2.97 bits per heavy atom. The molecule has 6 rings (SSSR count). The molecule has 1 aliphatic carbocycles. The van der Waals surface area contributed by atoms with Crippen LogP contribution in [0.2, 0.25) is 0 Å². The van der Waals surface area contributed by atoms with Crippen LogP contribution in [0.1, 0.15) is 59.0 Å². The normalized spacial score (nSPS) is 23.8. The van der Waals surface area contributed by atoms with Crippen LogP contribution >= 0.6 is 0 Å². The van der Waals surface area contributed by atoms with Crippen molar-refractivity contribution < 1.29 is 9.90 Å². The van der Waals surface area contributed by atoms with Gasteiger partial charge in [-0.2, -0.15) is 0 Å². The van der Waals surface area contributed by atoms with Crippen LogP contribution in [0.5, 0.6) is 0 Å². The number of carbonyl (C=O) groups is 1. The van der Waals surface area contributed by atoms with E-state index in [9.17, 15) is 9.90 Å². The number of pyridine rings is 1. The fourth-order valence-electron chi connectivity index (χ4n) is 5.86. The highest BCUT2D eigenvalue weighted by molar-refractivity contribution is 5.92. The van der Waals surface area contributed by atoms with Gasteiger partial charge in [0.2, 0.25) is 0 Å². The summed E-state index contributed by atoms with van der Waals surface area (Å²) in [6.07, 6.45) is 6.19. The number of piperidine rings is 1. The van der Waals surface area contributed by atoms with Gasteiger partial charge in [0.25, 0.3) is 5.91 Å². The van der Waals surface area contributed by atoms with Crippen LogP contribution in [-0.4, -0.2) is 67.8 Å². The summed E-state index contributed by atoms with van der Waals surface area (Å²) < 4.78 is 1.67. The second-order valence-corrected chi connectivity index (χ2v) is 10.0. The number of fused-ring (bicyclic) bond motifs is 2. The third-order valence-electron chi connectivity index (χ3n) is 7.70. The molecule has 10 nitrogen and oxygen atoms in total. The average molecular weight is 489 g/mol. The van der Waals surface area contributed by atoms with Gasteiger partial charge in [-0.3, -0.25) is 9.69 Å². The van der Waals surface area contributed by atoms with Crippen molar-refractivity contribution in [2.75, 3.05) is 30.3 Å². The zero-order valence-electron chi connectivity index (χ0n) is 20.3. The minimum absolute atomic E-state index is 0.0986. The molecule has 36 heavy (non-hydrogen) atoms. The lowest BCUT2D eigenvalue weighted by Crippen LogP contribution is -2.61. The number of nitrogens with zero attached hydrogens (tertiary/aromatic N) is 6. The molecule has 1 aromatic carbocycles. The van der Waals surface area contributed by atoms with Crippen molar-refractivity contribution in [1.29, 1.82) is 0 Å². The maximum absolute atomic E-state index is 12.8. The molecule has 2 aromatic heterocycles. The van der Waals surface area contributed by atoms with E-state index in [-0.39, 0.29) is 23.7 Å². The largest absolute Gasteiger partial charge is 0.384 e. The van der Waals surface area contributed by atoms with E-state index in [1.165, 1.54) is 12.8 Å². The second kappa shape index (κ2) is 9.51. The Bertz CT molecular complexity index is 1260. The lowest BCUT2D eigenvalue weighted by atomic mass is 9.97. The number of nitrogens with two attached hydrogens (primary N) is 1. The molecule has 188 valence electrons. The van der Waals surface area contributed by atoms with Crippen LogP contribution in [0, 0.1) is 0 Å². The highest BCUT2D eigenvalue weighted by Crippen LogP contribution is 2.31. The Morgan fingerprint density at radius 2 is 2.06 bits per heavy atom. The molecule has 2 saturated heterocycles. The average Bonchev–Trinajstić information content (AvgIpc) is 3.51.